The lowest BCUT2D eigenvalue weighted by molar-refractivity contribution is -0.137. The zero-order chi connectivity index (χ0) is 16.6. The molecule has 1 aromatic heterocycles. The van der Waals surface area contributed by atoms with Crippen molar-refractivity contribution in [2.75, 3.05) is 0 Å². The highest BCUT2D eigenvalue weighted by molar-refractivity contribution is 7.14. The molecule has 2 aromatic rings. The molecule has 2 nitrogen and oxygen atoms in total. The summed E-state index contributed by atoms with van der Waals surface area (Å²) in [6, 6.07) is 6.49. The Morgan fingerprint density at radius 2 is 2.04 bits per heavy atom. The molecule has 0 bridgehead atoms. The number of amides is 1. The number of fused-ring (bicyclic) bond motifs is 1. The van der Waals surface area contributed by atoms with Gasteiger partial charge in [0, 0.05) is 4.88 Å². The van der Waals surface area contributed by atoms with Gasteiger partial charge in [-0.15, -0.1) is 11.3 Å². The third-order valence-electron chi connectivity index (χ3n) is 4.03. The Balaban J connectivity index is 1.73. The average molecular weight is 339 g/mol. The molecule has 1 aliphatic rings. The number of aryl methyl sites for hydroxylation is 2. The highest BCUT2D eigenvalue weighted by atomic mass is 32.1. The van der Waals surface area contributed by atoms with Gasteiger partial charge in [-0.2, -0.15) is 13.2 Å². The van der Waals surface area contributed by atoms with Crippen molar-refractivity contribution < 1.29 is 18.0 Å². The van der Waals surface area contributed by atoms with E-state index in [9.17, 15) is 18.0 Å². The van der Waals surface area contributed by atoms with Crippen LogP contribution in [0.5, 0.6) is 0 Å². The van der Waals surface area contributed by atoms with E-state index in [0.29, 0.717) is 10.4 Å². The van der Waals surface area contributed by atoms with Crippen molar-refractivity contribution in [3.63, 3.8) is 0 Å². The van der Waals surface area contributed by atoms with Crippen molar-refractivity contribution in [3.05, 3.63) is 56.8 Å². The molecule has 1 heterocycles. The minimum Gasteiger partial charge on any atom is -0.345 e. The first-order valence-corrected chi connectivity index (χ1v) is 8.26. The molecule has 1 amide bonds. The van der Waals surface area contributed by atoms with E-state index in [1.165, 1.54) is 27.8 Å². The topological polar surface area (TPSA) is 29.1 Å². The highest BCUT2D eigenvalue weighted by Crippen LogP contribution is 2.32. The SMILES string of the molecule is CC(NC(=O)c1cc2c(s1)CCC2)c1cccc(C(F)(F)F)c1. The normalized spacial score (nSPS) is 15.3. The molecule has 0 radical (unpaired) electrons. The van der Waals surface area contributed by atoms with Gasteiger partial charge < -0.3 is 5.32 Å². The predicted molar refractivity (Wildman–Crippen MR) is 83.7 cm³/mol. The first-order chi connectivity index (χ1) is 10.8. The van der Waals surface area contributed by atoms with Crippen LogP contribution in [0.25, 0.3) is 0 Å². The predicted octanol–water partition coefficient (Wildman–Crippen LogP) is 4.75. The van der Waals surface area contributed by atoms with E-state index in [1.54, 1.807) is 13.0 Å². The fourth-order valence-electron chi connectivity index (χ4n) is 2.78. The standard InChI is InChI=1S/C17H16F3NOS/c1-10(11-4-2-6-13(8-11)17(18,19)20)21-16(22)15-9-12-5-3-7-14(12)23-15/h2,4,6,8-10H,3,5,7H2,1H3,(H,21,22). The Hall–Kier alpha value is -1.82. The Bertz CT molecular complexity index is 714. The van der Waals surface area contributed by atoms with Crippen LogP contribution in [0.15, 0.2) is 30.3 Å². The van der Waals surface area contributed by atoms with Crippen LogP contribution in [0.3, 0.4) is 0 Å². The summed E-state index contributed by atoms with van der Waals surface area (Å²) in [5.41, 5.74) is 0.968. The number of hydrogen-bond donors (Lipinski definition) is 1. The number of carbonyl (C=O) groups excluding carboxylic acids is 1. The second kappa shape index (κ2) is 6.00. The van der Waals surface area contributed by atoms with Crippen LogP contribution in [0, 0.1) is 0 Å². The number of hydrogen-bond acceptors (Lipinski definition) is 2. The number of carbonyl (C=O) groups is 1. The molecule has 0 aliphatic heterocycles. The van der Waals surface area contributed by atoms with Gasteiger partial charge in [-0.25, -0.2) is 0 Å². The van der Waals surface area contributed by atoms with Crippen LogP contribution in [0.1, 0.15) is 50.6 Å². The van der Waals surface area contributed by atoms with Crippen molar-refractivity contribution >= 4 is 17.2 Å². The number of rotatable bonds is 3. The molecular formula is C17H16F3NOS. The quantitative estimate of drug-likeness (QED) is 0.859. The summed E-state index contributed by atoms with van der Waals surface area (Å²) < 4.78 is 38.3. The third-order valence-corrected chi connectivity index (χ3v) is 5.27. The van der Waals surface area contributed by atoms with E-state index in [1.807, 2.05) is 6.07 Å². The summed E-state index contributed by atoms with van der Waals surface area (Å²) in [5.74, 6) is -0.227. The lowest BCUT2D eigenvalue weighted by Crippen LogP contribution is -2.26. The molecule has 1 unspecified atom stereocenters. The number of halogens is 3. The molecule has 1 aromatic carbocycles. The zero-order valence-electron chi connectivity index (χ0n) is 12.5. The summed E-state index contributed by atoms with van der Waals surface area (Å²) in [7, 11) is 0. The largest absolute Gasteiger partial charge is 0.416 e. The van der Waals surface area contributed by atoms with E-state index >= 15 is 0 Å². The van der Waals surface area contributed by atoms with E-state index < -0.39 is 17.8 Å². The zero-order valence-corrected chi connectivity index (χ0v) is 13.4. The minimum atomic E-state index is -4.38. The molecule has 1 N–H and O–H groups in total. The number of benzene rings is 1. The maximum absolute atomic E-state index is 12.8. The molecule has 0 saturated carbocycles. The summed E-state index contributed by atoms with van der Waals surface area (Å²) in [6.45, 7) is 1.69. The van der Waals surface area contributed by atoms with Crippen LogP contribution in [-0.4, -0.2) is 5.91 Å². The smallest absolute Gasteiger partial charge is 0.345 e. The molecule has 1 atom stereocenters. The van der Waals surface area contributed by atoms with Crippen molar-refractivity contribution in [2.24, 2.45) is 0 Å². The number of thiophene rings is 1. The van der Waals surface area contributed by atoms with Crippen LogP contribution in [0.2, 0.25) is 0 Å². The molecule has 6 heteroatoms. The Labute approximate surface area is 136 Å². The van der Waals surface area contributed by atoms with Crippen LogP contribution in [-0.2, 0) is 19.0 Å². The van der Waals surface area contributed by atoms with Gasteiger partial charge in [0.15, 0.2) is 0 Å². The van der Waals surface area contributed by atoms with Crippen molar-refractivity contribution in [2.45, 2.75) is 38.4 Å². The van der Waals surface area contributed by atoms with Gasteiger partial charge >= 0.3 is 6.18 Å². The number of alkyl halides is 3. The summed E-state index contributed by atoms with van der Waals surface area (Å²) >= 11 is 1.48. The van der Waals surface area contributed by atoms with Crippen LogP contribution in [0.4, 0.5) is 13.2 Å². The van der Waals surface area contributed by atoms with Gasteiger partial charge in [0.25, 0.3) is 5.91 Å². The molecule has 0 saturated heterocycles. The fraction of sp³-hybridized carbons (Fsp3) is 0.353. The summed E-state index contributed by atoms with van der Waals surface area (Å²) in [6.07, 6.45) is -1.24. The second-order valence-corrected chi connectivity index (χ2v) is 6.87. The first kappa shape index (κ1) is 16.1. The van der Waals surface area contributed by atoms with E-state index in [4.69, 9.17) is 0 Å². The fourth-order valence-corrected chi connectivity index (χ4v) is 3.93. The molecule has 3 rings (SSSR count). The maximum Gasteiger partial charge on any atom is 0.416 e. The van der Waals surface area contributed by atoms with Crippen molar-refractivity contribution in [3.8, 4) is 0 Å². The average Bonchev–Trinajstić information content (AvgIpc) is 3.07. The third kappa shape index (κ3) is 3.42. The molecule has 0 fully saturated rings. The van der Waals surface area contributed by atoms with Crippen LogP contribution >= 0.6 is 11.3 Å². The van der Waals surface area contributed by atoms with Crippen molar-refractivity contribution in [1.29, 1.82) is 0 Å². The van der Waals surface area contributed by atoms with Gasteiger partial charge in [-0.05, 0) is 55.5 Å². The molecule has 23 heavy (non-hydrogen) atoms. The van der Waals surface area contributed by atoms with E-state index in [2.05, 4.69) is 5.32 Å². The minimum absolute atomic E-state index is 0.227. The molecular weight excluding hydrogens is 323 g/mol. The van der Waals surface area contributed by atoms with Crippen molar-refractivity contribution in [1.82, 2.24) is 5.32 Å². The molecule has 1 aliphatic carbocycles. The number of nitrogens with one attached hydrogen (secondary N) is 1. The van der Waals surface area contributed by atoms with Gasteiger partial charge in [-0.3, -0.25) is 4.79 Å². The Morgan fingerprint density at radius 1 is 1.26 bits per heavy atom. The second-order valence-electron chi connectivity index (χ2n) is 5.73. The van der Waals surface area contributed by atoms with Crippen LogP contribution < -0.4 is 5.32 Å². The highest BCUT2D eigenvalue weighted by Gasteiger charge is 2.30. The lowest BCUT2D eigenvalue weighted by atomic mass is 10.0. The Kier molecular flexibility index (Phi) is 4.19. The summed E-state index contributed by atoms with van der Waals surface area (Å²) in [5, 5.41) is 2.78. The van der Waals surface area contributed by atoms with Gasteiger partial charge in [0.05, 0.1) is 16.5 Å². The van der Waals surface area contributed by atoms with E-state index in [-0.39, 0.29) is 5.91 Å². The lowest BCUT2D eigenvalue weighted by Gasteiger charge is -2.15. The van der Waals surface area contributed by atoms with Gasteiger partial charge in [0.2, 0.25) is 0 Å². The van der Waals surface area contributed by atoms with E-state index in [0.717, 1.165) is 31.4 Å². The monoisotopic (exact) mass is 339 g/mol. The Morgan fingerprint density at radius 3 is 2.74 bits per heavy atom. The molecule has 0 spiro atoms. The first-order valence-electron chi connectivity index (χ1n) is 7.44. The van der Waals surface area contributed by atoms with Gasteiger partial charge in [0.1, 0.15) is 0 Å². The summed E-state index contributed by atoms with van der Waals surface area (Å²) in [4.78, 5) is 14.2. The molecule has 122 valence electrons. The maximum atomic E-state index is 12.8. The van der Waals surface area contributed by atoms with Gasteiger partial charge in [-0.1, -0.05) is 12.1 Å².